The van der Waals surface area contributed by atoms with Crippen LogP contribution >= 0.6 is 34.0 Å². The van der Waals surface area contributed by atoms with E-state index in [0.29, 0.717) is 13.1 Å². The Morgan fingerprint density at radius 3 is 2.12 bits per heavy atom. The quantitative estimate of drug-likeness (QED) is 0.548. The van der Waals surface area contributed by atoms with E-state index < -0.39 is 16.0 Å². The van der Waals surface area contributed by atoms with Gasteiger partial charge >= 0.3 is 5.97 Å². The smallest absolute Gasteiger partial charge is 0.348 e. The fraction of sp³-hybridized carbons (Fsp3) is 0.188. The van der Waals surface area contributed by atoms with Crippen LogP contribution in [-0.2, 0) is 27.8 Å². The Morgan fingerprint density at radius 2 is 1.64 bits per heavy atom. The number of hydrogen-bond acceptors (Lipinski definition) is 7. The zero-order valence-electron chi connectivity index (χ0n) is 13.2. The first-order valence-electron chi connectivity index (χ1n) is 7.24. The van der Waals surface area contributed by atoms with E-state index in [-0.39, 0.29) is 9.09 Å². The molecule has 3 heterocycles. The molecule has 0 aromatic carbocycles. The van der Waals surface area contributed by atoms with Crippen LogP contribution in [0.4, 0.5) is 0 Å². The van der Waals surface area contributed by atoms with E-state index in [0.717, 1.165) is 21.1 Å². The van der Waals surface area contributed by atoms with Crippen LogP contribution in [0.25, 0.3) is 0 Å². The Labute approximate surface area is 158 Å². The first-order chi connectivity index (χ1) is 12.0. The van der Waals surface area contributed by atoms with Gasteiger partial charge in [0.25, 0.3) is 10.0 Å². The summed E-state index contributed by atoms with van der Waals surface area (Å²) in [6.45, 7) is 0.590. The second kappa shape index (κ2) is 7.79. The molecule has 0 saturated heterocycles. The van der Waals surface area contributed by atoms with Crippen molar-refractivity contribution in [2.24, 2.45) is 0 Å². The number of thiophene rings is 3. The summed E-state index contributed by atoms with van der Waals surface area (Å²) in [5.41, 5.74) is 0. The van der Waals surface area contributed by atoms with E-state index in [4.69, 9.17) is 0 Å². The Kier molecular flexibility index (Phi) is 5.70. The third kappa shape index (κ3) is 4.18. The molecule has 0 radical (unpaired) electrons. The third-order valence-corrected chi connectivity index (χ3v) is 8.43. The average Bonchev–Trinajstić information content (AvgIpc) is 3.35. The molecular formula is C16H15NO4S4. The standard InChI is InChI=1S/C16H15NO4S4/c1-21-16(18)14-6-7-15(24-14)25(19,20)17(10-12-4-2-8-22-12)11-13-5-3-9-23-13/h2-9H,10-11H2,1H3. The van der Waals surface area contributed by atoms with Gasteiger partial charge in [-0.1, -0.05) is 12.1 Å². The highest BCUT2D eigenvalue weighted by Gasteiger charge is 2.28. The van der Waals surface area contributed by atoms with Gasteiger partial charge < -0.3 is 4.74 Å². The molecule has 0 fully saturated rings. The van der Waals surface area contributed by atoms with Crippen LogP contribution < -0.4 is 0 Å². The molecule has 0 aliphatic carbocycles. The van der Waals surface area contributed by atoms with Crippen LogP contribution in [0.5, 0.6) is 0 Å². The van der Waals surface area contributed by atoms with Crippen molar-refractivity contribution in [2.45, 2.75) is 17.3 Å². The van der Waals surface area contributed by atoms with Gasteiger partial charge in [0, 0.05) is 22.8 Å². The Hall–Kier alpha value is -1.52. The maximum absolute atomic E-state index is 13.1. The summed E-state index contributed by atoms with van der Waals surface area (Å²) in [6, 6.07) is 10.6. The van der Waals surface area contributed by atoms with Crippen molar-refractivity contribution >= 4 is 50.0 Å². The minimum absolute atomic E-state index is 0.140. The second-order valence-corrected chi connectivity index (χ2v) is 10.4. The number of nitrogens with zero attached hydrogens (tertiary/aromatic N) is 1. The van der Waals surface area contributed by atoms with Crippen molar-refractivity contribution in [3.8, 4) is 0 Å². The molecule has 9 heteroatoms. The highest BCUT2D eigenvalue weighted by Crippen LogP contribution is 2.29. The van der Waals surface area contributed by atoms with Crippen molar-refractivity contribution in [3.63, 3.8) is 0 Å². The van der Waals surface area contributed by atoms with Gasteiger partial charge in [-0.15, -0.1) is 34.0 Å². The van der Waals surface area contributed by atoms with E-state index in [2.05, 4.69) is 4.74 Å². The normalized spacial score (nSPS) is 11.8. The van der Waals surface area contributed by atoms with E-state index in [9.17, 15) is 13.2 Å². The van der Waals surface area contributed by atoms with Gasteiger partial charge in [0.05, 0.1) is 7.11 Å². The van der Waals surface area contributed by atoms with Crippen LogP contribution in [0.3, 0.4) is 0 Å². The molecule has 0 atom stereocenters. The molecule has 0 aliphatic heterocycles. The Balaban J connectivity index is 1.92. The molecule has 0 bridgehead atoms. The Morgan fingerprint density at radius 1 is 1.04 bits per heavy atom. The first kappa shape index (κ1) is 18.3. The fourth-order valence-corrected chi connectivity index (χ4v) is 6.55. The first-order valence-corrected chi connectivity index (χ1v) is 11.3. The highest BCUT2D eigenvalue weighted by molar-refractivity contribution is 7.91. The van der Waals surface area contributed by atoms with Gasteiger partial charge in [0.2, 0.25) is 0 Å². The van der Waals surface area contributed by atoms with Crippen molar-refractivity contribution in [1.82, 2.24) is 4.31 Å². The number of carbonyl (C=O) groups is 1. The number of carbonyl (C=O) groups excluding carboxylic acids is 1. The van der Waals surface area contributed by atoms with Crippen LogP contribution in [0.15, 0.2) is 51.4 Å². The predicted octanol–water partition coefficient (Wildman–Crippen LogP) is 4.05. The van der Waals surface area contributed by atoms with Crippen LogP contribution in [0.2, 0.25) is 0 Å². The van der Waals surface area contributed by atoms with E-state index >= 15 is 0 Å². The van der Waals surface area contributed by atoms with Gasteiger partial charge in [0.15, 0.2) is 0 Å². The molecule has 3 aromatic rings. The summed E-state index contributed by atoms with van der Waals surface area (Å²) in [7, 11) is -2.44. The summed E-state index contributed by atoms with van der Waals surface area (Å²) in [5.74, 6) is -0.533. The fourth-order valence-electron chi connectivity index (χ4n) is 2.17. The number of rotatable bonds is 7. The lowest BCUT2D eigenvalue weighted by atomic mass is 10.4. The van der Waals surface area contributed by atoms with Crippen molar-refractivity contribution < 1.29 is 17.9 Å². The molecule has 0 spiro atoms. The molecule has 0 saturated carbocycles. The summed E-state index contributed by atoms with van der Waals surface area (Å²) >= 11 is 3.96. The van der Waals surface area contributed by atoms with Crippen LogP contribution in [0.1, 0.15) is 19.4 Å². The van der Waals surface area contributed by atoms with E-state index in [1.807, 2.05) is 35.0 Å². The molecule has 0 aliphatic rings. The highest BCUT2D eigenvalue weighted by atomic mass is 32.2. The summed E-state index contributed by atoms with van der Waals surface area (Å²) in [5, 5.41) is 3.84. The zero-order chi connectivity index (χ0) is 17.9. The third-order valence-electron chi connectivity index (χ3n) is 3.39. The lowest BCUT2D eigenvalue weighted by Gasteiger charge is -2.20. The molecule has 0 amide bonds. The largest absolute Gasteiger partial charge is 0.465 e. The van der Waals surface area contributed by atoms with Gasteiger partial charge in [0.1, 0.15) is 9.09 Å². The predicted molar refractivity (Wildman–Crippen MR) is 101 cm³/mol. The van der Waals surface area contributed by atoms with Gasteiger partial charge in [-0.2, -0.15) is 4.31 Å². The average molecular weight is 414 g/mol. The number of sulfonamides is 1. The minimum Gasteiger partial charge on any atom is -0.465 e. The number of esters is 1. The molecule has 0 unspecified atom stereocenters. The van der Waals surface area contributed by atoms with Crippen LogP contribution in [-0.4, -0.2) is 25.8 Å². The SMILES string of the molecule is COC(=O)c1ccc(S(=O)(=O)N(Cc2cccs2)Cc2cccs2)s1. The molecule has 25 heavy (non-hydrogen) atoms. The minimum atomic E-state index is -3.72. The number of methoxy groups -OCH3 is 1. The monoisotopic (exact) mass is 413 g/mol. The molecule has 3 aromatic heterocycles. The van der Waals surface area contributed by atoms with Crippen molar-refractivity contribution in [1.29, 1.82) is 0 Å². The summed E-state index contributed by atoms with van der Waals surface area (Å²) < 4.78 is 32.4. The maximum atomic E-state index is 13.1. The molecule has 132 valence electrons. The molecule has 3 rings (SSSR count). The summed E-state index contributed by atoms with van der Waals surface area (Å²) in [4.78, 5) is 13.8. The van der Waals surface area contributed by atoms with Gasteiger partial charge in [-0.3, -0.25) is 0 Å². The second-order valence-electron chi connectivity index (χ2n) is 5.04. The molecule has 0 N–H and O–H groups in total. The number of hydrogen-bond donors (Lipinski definition) is 0. The van der Waals surface area contributed by atoms with Gasteiger partial charge in [-0.25, -0.2) is 13.2 Å². The lowest BCUT2D eigenvalue weighted by Crippen LogP contribution is -2.29. The molecule has 5 nitrogen and oxygen atoms in total. The zero-order valence-corrected chi connectivity index (χ0v) is 16.5. The van der Waals surface area contributed by atoms with E-state index in [1.54, 1.807) is 0 Å². The summed E-state index contributed by atoms with van der Waals surface area (Å²) in [6.07, 6.45) is 0. The maximum Gasteiger partial charge on any atom is 0.348 e. The van der Waals surface area contributed by atoms with Gasteiger partial charge in [-0.05, 0) is 35.0 Å². The van der Waals surface area contributed by atoms with Crippen molar-refractivity contribution in [2.75, 3.05) is 7.11 Å². The van der Waals surface area contributed by atoms with E-state index in [1.165, 1.54) is 46.2 Å². The van der Waals surface area contributed by atoms with Crippen molar-refractivity contribution in [3.05, 3.63) is 61.8 Å². The lowest BCUT2D eigenvalue weighted by molar-refractivity contribution is 0.0606. The topological polar surface area (TPSA) is 63.7 Å². The number of ether oxygens (including phenoxy) is 1. The Bertz CT molecular complexity index is 891. The molecular weight excluding hydrogens is 398 g/mol. The van der Waals surface area contributed by atoms with Crippen LogP contribution in [0, 0.1) is 0 Å².